The van der Waals surface area contributed by atoms with Gasteiger partial charge in [-0.3, -0.25) is 4.79 Å². The van der Waals surface area contributed by atoms with E-state index in [9.17, 15) is 4.79 Å². The lowest BCUT2D eigenvalue weighted by atomic mass is 10.1. The minimum Gasteiger partial charge on any atom is -0.351 e. The second-order valence-corrected chi connectivity index (χ2v) is 6.40. The van der Waals surface area contributed by atoms with Crippen LogP contribution in [-0.4, -0.2) is 26.0 Å². The Labute approximate surface area is 143 Å². The Morgan fingerprint density at radius 2 is 1.96 bits per heavy atom. The van der Waals surface area contributed by atoms with Gasteiger partial charge < -0.3 is 10.2 Å². The van der Waals surface area contributed by atoms with Crippen LogP contribution in [0.25, 0.3) is 0 Å². The summed E-state index contributed by atoms with van der Waals surface area (Å²) < 4.78 is 0. The summed E-state index contributed by atoms with van der Waals surface area (Å²) >= 11 is 5.98. The molecule has 1 unspecified atom stereocenters. The third-order valence-corrected chi connectivity index (χ3v) is 4.07. The van der Waals surface area contributed by atoms with Crippen molar-refractivity contribution >= 4 is 17.5 Å². The number of rotatable bonds is 7. The molecular weight excluding hydrogens is 308 g/mol. The van der Waals surface area contributed by atoms with E-state index < -0.39 is 0 Å². The number of hydrogen-bond acceptors (Lipinski definition) is 1. The van der Waals surface area contributed by atoms with Crippen molar-refractivity contribution in [3.8, 4) is 0 Å². The molecule has 122 valence electrons. The fourth-order valence-corrected chi connectivity index (χ4v) is 2.83. The summed E-state index contributed by atoms with van der Waals surface area (Å²) in [5.41, 5.74) is 3.69. The summed E-state index contributed by atoms with van der Waals surface area (Å²) in [4.78, 5) is 13.2. The van der Waals surface area contributed by atoms with Gasteiger partial charge in [-0.1, -0.05) is 48.0 Å². The fourth-order valence-electron chi connectivity index (χ4n) is 2.62. The second-order valence-electron chi connectivity index (χ2n) is 5.97. The van der Waals surface area contributed by atoms with Crippen molar-refractivity contribution in [3.05, 3.63) is 70.2 Å². The lowest BCUT2D eigenvalue weighted by Crippen LogP contribution is -3.08. The highest BCUT2D eigenvalue weighted by Gasteiger charge is 2.10. The molecule has 0 aliphatic heterocycles. The van der Waals surface area contributed by atoms with Crippen molar-refractivity contribution < 1.29 is 9.69 Å². The number of hydrogen-bond donors (Lipinski definition) is 2. The number of amides is 1. The summed E-state index contributed by atoms with van der Waals surface area (Å²) in [6.07, 6.45) is 0.867. The molecule has 0 aliphatic carbocycles. The number of quaternary nitrogens is 1. The Hall–Kier alpha value is -1.84. The molecule has 0 fully saturated rings. The lowest BCUT2D eigenvalue weighted by Gasteiger charge is -2.14. The first-order valence-electron chi connectivity index (χ1n) is 7.91. The van der Waals surface area contributed by atoms with Gasteiger partial charge in [-0.05, 0) is 36.6 Å². The summed E-state index contributed by atoms with van der Waals surface area (Å²) in [6, 6.07) is 16.1. The smallest absolute Gasteiger partial charge is 0.275 e. The van der Waals surface area contributed by atoms with E-state index in [1.807, 2.05) is 43.4 Å². The minimum absolute atomic E-state index is 0.0816. The van der Waals surface area contributed by atoms with Crippen LogP contribution in [0.2, 0.25) is 5.02 Å². The van der Waals surface area contributed by atoms with Crippen molar-refractivity contribution in [1.29, 1.82) is 0 Å². The molecule has 2 aromatic carbocycles. The highest BCUT2D eigenvalue weighted by atomic mass is 35.5. The van der Waals surface area contributed by atoms with E-state index in [1.54, 1.807) is 0 Å². The van der Waals surface area contributed by atoms with Gasteiger partial charge in [-0.15, -0.1) is 0 Å². The zero-order valence-electron chi connectivity index (χ0n) is 13.7. The molecule has 0 bridgehead atoms. The number of halogens is 1. The van der Waals surface area contributed by atoms with E-state index in [1.165, 1.54) is 11.1 Å². The Bertz CT molecular complexity index is 657. The van der Waals surface area contributed by atoms with E-state index in [0.29, 0.717) is 13.1 Å². The Morgan fingerprint density at radius 3 is 2.70 bits per heavy atom. The van der Waals surface area contributed by atoms with Crippen LogP contribution < -0.4 is 10.2 Å². The van der Waals surface area contributed by atoms with E-state index in [0.717, 1.165) is 28.5 Å². The summed E-state index contributed by atoms with van der Waals surface area (Å²) in [5.74, 6) is 0.0816. The van der Waals surface area contributed by atoms with Gasteiger partial charge in [0.15, 0.2) is 6.54 Å². The summed E-state index contributed by atoms with van der Waals surface area (Å²) in [5, 5.41) is 3.73. The van der Waals surface area contributed by atoms with Crippen molar-refractivity contribution in [2.75, 3.05) is 20.1 Å². The molecule has 0 saturated heterocycles. The first-order chi connectivity index (χ1) is 11.0. The van der Waals surface area contributed by atoms with E-state index in [-0.39, 0.29) is 5.91 Å². The number of nitrogens with one attached hydrogen (secondary N) is 2. The first-order valence-corrected chi connectivity index (χ1v) is 8.29. The molecule has 3 nitrogen and oxygen atoms in total. The lowest BCUT2D eigenvalue weighted by molar-refractivity contribution is -0.885. The number of benzene rings is 2. The van der Waals surface area contributed by atoms with Crippen molar-refractivity contribution in [2.24, 2.45) is 0 Å². The molecule has 4 heteroatoms. The van der Waals surface area contributed by atoms with Crippen molar-refractivity contribution in [2.45, 2.75) is 19.9 Å². The van der Waals surface area contributed by atoms with Crippen LogP contribution in [-0.2, 0) is 17.8 Å². The quantitative estimate of drug-likeness (QED) is 0.799. The van der Waals surface area contributed by atoms with Crippen LogP contribution in [0, 0.1) is 6.92 Å². The average Bonchev–Trinajstić information content (AvgIpc) is 2.49. The summed E-state index contributed by atoms with van der Waals surface area (Å²) in [7, 11) is 2.02. The molecule has 0 heterocycles. The molecule has 0 saturated carbocycles. The maximum Gasteiger partial charge on any atom is 0.275 e. The topological polar surface area (TPSA) is 33.5 Å². The maximum atomic E-state index is 12.0. The number of aryl methyl sites for hydroxylation is 1. The van der Waals surface area contributed by atoms with Gasteiger partial charge in [0.2, 0.25) is 0 Å². The van der Waals surface area contributed by atoms with E-state index >= 15 is 0 Å². The van der Waals surface area contributed by atoms with Crippen molar-refractivity contribution in [1.82, 2.24) is 5.32 Å². The molecule has 0 radical (unpaired) electrons. The minimum atomic E-state index is 0.0816. The van der Waals surface area contributed by atoms with Gasteiger partial charge in [0, 0.05) is 17.1 Å². The summed E-state index contributed by atoms with van der Waals surface area (Å²) in [6.45, 7) is 4.01. The van der Waals surface area contributed by atoms with Gasteiger partial charge in [-0.25, -0.2) is 0 Å². The molecular formula is C19H24ClN2O+. The SMILES string of the molecule is Cc1ccccc1CCNC(=O)C[NH+](C)Cc1cccc(Cl)c1. The van der Waals surface area contributed by atoms with E-state index in [2.05, 4.69) is 24.4 Å². The fraction of sp³-hybridized carbons (Fsp3) is 0.316. The molecule has 2 aromatic rings. The molecule has 0 spiro atoms. The van der Waals surface area contributed by atoms with Gasteiger partial charge in [0.05, 0.1) is 7.05 Å². The molecule has 2 N–H and O–H groups in total. The zero-order valence-corrected chi connectivity index (χ0v) is 14.5. The van der Waals surface area contributed by atoms with Crippen molar-refractivity contribution in [3.63, 3.8) is 0 Å². The van der Waals surface area contributed by atoms with Gasteiger partial charge in [0.1, 0.15) is 6.54 Å². The number of carbonyl (C=O) groups excluding carboxylic acids is 1. The van der Waals surface area contributed by atoms with Gasteiger partial charge in [0.25, 0.3) is 5.91 Å². The van der Waals surface area contributed by atoms with Crippen LogP contribution >= 0.6 is 11.6 Å². The van der Waals surface area contributed by atoms with Crippen LogP contribution in [0.4, 0.5) is 0 Å². The largest absolute Gasteiger partial charge is 0.351 e. The Morgan fingerprint density at radius 1 is 1.17 bits per heavy atom. The maximum absolute atomic E-state index is 12.0. The standard InChI is InChI=1S/C19H23ClN2O/c1-15-6-3-4-8-17(15)10-11-21-19(23)14-22(2)13-16-7-5-9-18(20)12-16/h3-9,12H,10-11,13-14H2,1-2H3,(H,21,23)/p+1. The molecule has 2 rings (SSSR count). The van der Waals surface area contributed by atoms with Gasteiger partial charge >= 0.3 is 0 Å². The molecule has 23 heavy (non-hydrogen) atoms. The van der Waals surface area contributed by atoms with Crippen LogP contribution in [0.15, 0.2) is 48.5 Å². The molecule has 1 atom stereocenters. The monoisotopic (exact) mass is 331 g/mol. The predicted octanol–water partition coefficient (Wildman–Crippen LogP) is 2.02. The Balaban J connectivity index is 1.73. The average molecular weight is 332 g/mol. The van der Waals surface area contributed by atoms with Crippen LogP contribution in [0.3, 0.4) is 0 Å². The Kier molecular flexibility index (Phi) is 6.63. The normalized spacial score (nSPS) is 12.0. The molecule has 1 amide bonds. The molecule has 0 aromatic heterocycles. The highest BCUT2D eigenvalue weighted by molar-refractivity contribution is 6.30. The second kappa shape index (κ2) is 8.70. The number of likely N-dealkylation sites (N-methyl/N-ethyl adjacent to an activating group) is 1. The molecule has 0 aliphatic rings. The van der Waals surface area contributed by atoms with E-state index in [4.69, 9.17) is 11.6 Å². The van der Waals surface area contributed by atoms with Gasteiger partial charge in [-0.2, -0.15) is 0 Å². The third kappa shape index (κ3) is 6.05. The van der Waals surface area contributed by atoms with Crippen LogP contribution in [0.1, 0.15) is 16.7 Å². The number of carbonyl (C=O) groups is 1. The zero-order chi connectivity index (χ0) is 16.7. The highest BCUT2D eigenvalue weighted by Crippen LogP contribution is 2.09. The van der Waals surface area contributed by atoms with Crippen LogP contribution in [0.5, 0.6) is 0 Å². The predicted molar refractivity (Wildman–Crippen MR) is 94.8 cm³/mol. The third-order valence-electron chi connectivity index (χ3n) is 3.84. The first kappa shape index (κ1) is 17.5.